The molecule has 1 amide bonds. The summed E-state index contributed by atoms with van der Waals surface area (Å²) in [5.41, 5.74) is 1.92. The van der Waals surface area contributed by atoms with Gasteiger partial charge in [-0.2, -0.15) is 0 Å². The van der Waals surface area contributed by atoms with Crippen LogP contribution in [0, 0.1) is 6.92 Å². The number of aryl methyl sites for hydroxylation is 1. The van der Waals surface area contributed by atoms with Gasteiger partial charge in [0.25, 0.3) is 7.82 Å². The average molecular weight is 854 g/mol. The number of carbonyl (C=O) groups is 4. The predicted molar refractivity (Wildman–Crippen MR) is 226 cm³/mol. The van der Waals surface area contributed by atoms with E-state index in [9.17, 15) is 44.0 Å². The molecule has 1 aromatic rings. The van der Waals surface area contributed by atoms with Gasteiger partial charge in [-0.05, 0) is 37.0 Å². The van der Waals surface area contributed by atoms with Crippen LogP contribution in [0.5, 0.6) is 0 Å². The molecule has 1 saturated heterocycles. The first-order valence-corrected chi connectivity index (χ1v) is 23.1. The third kappa shape index (κ3) is 28.1. The number of carbonyl (C=O) groups excluding carboxylic acids is 1. The number of phosphoric acid groups is 1. The van der Waals surface area contributed by atoms with Crippen LogP contribution in [0.1, 0.15) is 108 Å². The number of hydrogen-bond donors (Lipinski definition) is 4. The van der Waals surface area contributed by atoms with Crippen molar-refractivity contribution >= 4 is 37.3 Å². The molecule has 1 fully saturated rings. The Morgan fingerprint density at radius 1 is 0.559 bits per heavy atom. The fraction of sp³-hybridized carbons (Fsp3) is 0.738. The van der Waals surface area contributed by atoms with E-state index in [-0.39, 0.29) is 45.3 Å². The van der Waals surface area contributed by atoms with Gasteiger partial charge in [0.1, 0.15) is 0 Å². The second-order valence-electron chi connectivity index (χ2n) is 15.6. The fourth-order valence-electron chi connectivity index (χ4n) is 7.17. The molecular formula is C42H72N5O11P. The number of nitrogens with zero attached hydrogens (tertiary/aromatic N) is 4. The van der Waals surface area contributed by atoms with E-state index in [0.29, 0.717) is 58.0 Å². The molecule has 0 aliphatic carbocycles. The number of benzene rings is 1. The Balaban J connectivity index is 1.60. The Morgan fingerprint density at radius 2 is 0.898 bits per heavy atom. The van der Waals surface area contributed by atoms with Crippen molar-refractivity contribution < 1.29 is 53.0 Å². The zero-order chi connectivity index (χ0) is 43.1. The van der Waals surface area contributed by atoms with E-state index in [1.54, 1.807) is 14.7 Å². The van der Waals surface area contributed by atoms with Crippen molar-refractivity contribution in [1.82, 2.24) is 19.6 Å². The van der Waals surface area contributed by atoms with Gasteiger partial charge in [0.2, 0.25) is 5.91 Å². The summed E-state index contributed by atoms with van der Waals surface area (Å²) < 4.78 is 20.5. The second-order valence-corrected chi connectivity index (χ2v) is 17.0. The van der Waals surface area contributed by atoms with Gasteiger partial charge in [-0.15, -0.1) is 0 Å². The topological polar surface area (TPSA) is 213 Å². The van der Waals surface area contributed by atoms with Crippen molar-refractivity contribution in [1.29, 1.82) is 0 Å². The third-order valence-electron chi connectivity index (χ3n) is 10.5. The number of anilines is 1. The lowest BCUT2D eigenvalue weighted by Crippen LogP contribution is -2.49. The summed E-state index contributed by atoms with van der Waals surface area (Å²) in [7, 11) is -4.16. The van der Waals surface area contributed by atoms with Gasteiger partial charge in [-0.25, -0.2) is 0 Å². The highest BCUT2D eigenvalue weighted by atomic mass is 31.2. The van der Waals surface area contributed by atoms with E-state index < -0.39 is 25.7 Å². The van der Waals surface area contributed by atoms with Crippen molar-refractivity contribution in [3.05, 3.63) is 36.8 Å². The van der Waals surface area contributed by atoms with Crippen LogP contribution >= 0.6 is 7.82 Å². The molecule has 1 aliphatic heterocycles. The predicted octanol–water partition coefficient (Wildman–Crippen LogP) is 5.22. The SMILES string of the molecule is [CH2+]COP(=O)([O-])OCCCCCCCCCCCCCCCCCCc1ccc(NC(=O)CN2CCN(CC(=O)O)CCN(CC(=O)O)CCN(CC(=O)O)CC2)cc1. The molecule has 336 valence electrons. The number of aliphatic carboxylic acids is 3. The zero-order valence-corrected chi connectivity index (χ0v) is 36.2. The molecule has 2 rings (SSSR count). The molecule has 0 spiro atoms. The van der Waals surface area contributed by atoms with Crippen LogP contribution in [0.2, 0.25) is 0 Å². The lowest BCUT2D eigenvalue weighted by Gasteiger charge is -2.32. The third-order valence-corrected chi connectivity index (χ3v) is 11.5. The molecular weight excluding hydrogens is 781 g/mol. The van der Waals surface area contributed by atoms with Gasteiger partial charge in [0.15, 0.2) is 6.61 Å². The van der Waals surface area contributed by atoms with E-state index in [2.05, 4.69) is 16.8 Å². The molecule has 1 heterocycles. The molecule has 16 nitrogen and oxygen atoms in total. The number of nitrogens with one attached hydrogen (secondary N) is 1. The smallest absolute Gasteiger partial charge is 0.317 e. The Hall–Kier alpha value is -3.08. The Labute approximate surface area is 352 Å². The Bertz CT molecular complexity index is 1340. The van der Waals surface area contributed by atoms with Gasteiger partial charge in [0, 0.05) is 58.0 Å². The van der Waals surface area contributed by atoms with Crippen LogP contribution < -0.4 is 10.2 Å². The monoisotopic (exact) mass is 853 g/mol. The molecule has 1 unspecified atom stereocenters. The number of hydrogen-bond acceptors (Lipinski definition) is 12. The van der Waals surface area contributed by atoms with Crippen LogP contribution in [-0.2, 0) is 39.2 Å². The van der Waals surface area contributed by atoms with Crippen LogP contribution in [0.25, 0.3) is 0 Å². The molecule has 4 N–H and O–H groups in total. The van der Waals surface area contributed by atoms with E-state index in [1.807, 2.05) is 29.2 Å². The van der Waals surface area contributed by atoms with Crippen molar-refractivity contribution in [2.24, 2.45) is 0 Å². The highest BCUT2D eigenvalue weighted by Crippen LogP contribution is 2.38. The molecule has 0 saturated carbocycles. The van der Waals surface area contributed by atoms with Crippen LogP contribution in [0.15, 0.2) is 24.3 Å². The van der Waals surface area contributed by atoms with Gasteiger partial charge in [0.05, 0.1) is 39.7 Å². The highest BCUT2D eigenvalue weighted by Gasteiger charge is 2.21. The summed E-state index contributed by atoms with van der Waals surface area (Å²) in [5, 5.41) is 31.2. The standard InChI is InChI=1S/C42H72N5O11P/c1-2-57-59(55,56)58-32-18-16-14-12-10-8-6-4-3-5-7-9-11-13-15-17-19-37-20-22-38(23-21-37)43-39(48)33-44-24-26-45(34-40(49)50)28-30-47(36-42(53)54)31-29-46(27-25-44)35-41(51)52/h20-23H,1-19,24-36H2,(H4-,43,48,49,50,51,52,53,54,55,56). The van der Waals surface area contributed by atoms with E-state index in [0.717, 1.165) is 32.1 Å². The average Bonchev–Trinajstić information content (AvgIpc) is 3.16. The molecule has 17 heteroatoms. The number of carboxylic acids is 3. The van der Waals surface area contributed by atoms with Crippen molar-refractivity contribution in [2.75, 3.05) is 97.1 Å². The van der Waals surface area contributed by atoms with Gasteiger partial charge < -0.3 is 30.1 Å². The zero-order valence-electron chi connectivity index (χ0n) is 35.3. The Kier molecular flexibility index (Phi) is 28.0. The minimum absolute atomic E-state index is 0.0578. The fourth-order valence-corrected chi connectivity index (χ4v) is 7.83. The first kappa shape index (κ1) is 52.1. The van der Waals surface area contributed by atoms with Crippen molar-refractivity contribution in [2.45, 2.75) is 109 Å². The lowest BCUT2D eigenvalue weighted by molar-refractivity contribution is -0.224. The minimum atomic E-state index is -4.16. The van der Waals surface area contributed by atoms with Crippen LogP contribution in [-0.4, -0.2) is 150 Å². The van der Waals surface area contributed by atoms with Crippen LogP contribution in [0.4, 0.5) is 5.69 Å². The van der Waals surface area contributed by atoms with Crippen molar-refractivity contribution in [3.8, 4) is 0 Å². The number of phosphoric ester groups is 1. The summed E-state index contributed by atoms with van der Waals surface area (Å²) in [6.45, 7) is 5.54. The first-order valence-electron chi connectivity index (χ1n) is 21.7. The van der Waals surface area contributed by atoms with Crippen molar-refractivity contribution in [3.63, 3.8) is 0 Å². The number of amides is 1. The largest absolute Gasteiger partial charge is 0.756 e. The summed E-state index contributed by atoms with van der Waals surface area (Å²) >= 11 is 0. The number of unbranched alkanes of at least 4 members (excludes halogenated alkanes) is 15. The molecule has 1 aliphatic rings. The molecule has 0 radical (unpaired) electrons. The minimum Gasteiger partial charge on any atom is -0.756 e. The molecule has 59 heavy (non-hydrogen) atoms. The maximum absolute atomic E-state index is 13.1. The number of rotatable bonds is 31. The van der Waals surface area contributed by atoms with Crippen LogP contribution in [0.3, 0.4) is 0 Å². The molecule has 1 aromatic carbocycles. The normalized spacial score (nSPS) is 16.5. The first-order chi connectivity index (χ1) is 28.3. The molecule has 0 bridgehead atoms. The maximum Gasteiger partial charge on any atom is 0.317 e. The summed E-state index contributed by atoms with van der Waals surface area (Å²) in [5.74, 6) is -3.20. The summed E-state index contributed by atoms with van der Waals surface area (Å²) in [6, 6.07) is 7.92. The molecule has 0 aromatic heterocycles. The van der Waals surface area contributed by atoms with Gasteiger partial charge in [-0.1, -0.05) is 102 Å². The number of carboxylic acid groups (broad SMARTS) is 3. The second kappa shape index (κ2) is 31.7. The molecule has 1 atom stereocenters. The van der Waals surface area contributed by atoms with E-state index in [1.165, 1.54) is 82.6 Å². The van der Waals surface area contributed by atoms with Gasteiger partial charge >= 0.3 is 17.9 Å². The quantitative estimate of drug-likeness (QED) is 0.0429. The maximum atomic E-state index is 13.1. The summed E-state index contributed by atoms with van der Waals surface area (Å²) in [4.78, 5) is 66.0. The lowest BCUT2D eigenvalue weighted by atomic mass is 10.0. The highest BCUT2D eigenvalue weighted by molar-refractivity contribution is 7.45. The van der Waals surface area contributed by atoms with Gasteiger partial charge in [-0.3, -0.25) is 47.9 Å². The van der Waals surface area contributed by atoms with E-state index >= 15 is 0 Å². The van der Waals surface area contributed by atoms with E-state index in [4.69, 9.17) is 4.52 Å². The summed E-state index contributed by atoms with van der Waals surface area (Å²) in [6.07, 6.45) is 20.0. The Morgan fingerprint density at radius 3 is 1.25 bits per heavy atom.